The zero-order valence-electron chi connectivity index (χ0n) is 7.46. The van der Waals surface area contributed by atoms with Crippen molar-refractivity contribution in [3.63, 3.8) is 0 Å². The lowest BCUT2D eigenvalue weighted by Gasteiger charge is -1.99. The third kappa shape index (κ3) is 2.71. The fraction of sp³-hybridized carbons (Fsp3) is 0.182. The summed E-state index contributed by atoms with van der Waals surface area (Å²) in [6.07, 6.45) is 4.54. The molecule has 0 heterocycles. The minimum Gasteiger partial charge on any atom is -0.298 e. The monoisotopic (exact) mass is 194 g/mol. The molecule has 0 aliphatic rings. The summed E-state index contributed by atoms with van der Waals surface area (Å²) in [5.41, 5.74) is 2.77. The maximum atomic E-state index is 10.6. The van der Waals surface area contributed by atoms with Crippen molar-refractivity contribution in [2.45, 2.75) is 6.92 Å². The molecule has 0 fully saturated rings. The number of benzene rings is 1. The molecule has 2 heteroatoms. The van der Waals surface area contributed by atoms with Gasteiger partial charge < -0.3 is 0 Å². The van der Waals surface area contributed by atoms with Crippen LogP contribution in [-0.4, -0.2) is 12.2 Å². The fourth-order valence-corrected chi connectivity index (χ4v) is 1.21. The molecule has 0 aliphatic carbocycles. The second kappa shape index (κ2) is 4.83. The van der Waals surface area contributed by atoms with E-state index in [2.05, 4.69) is 0 Å². The average molecular weight is 195 g/mol. The molecule has 1 aromatic rings. The molecule has 0 bridgehead atoms. The highest BCUT2D eigenvalue weighted by Crippen LogP contribution is 2.11. The largest absolute Gasteiger partial charge is 0.298 e. The number of alkyl halides is 1. The number of halogens is 1. The standard InChI is InChI=1S/C11H11ClO/c1-9-4-5-11(8-13)10(7-9)3-2-6-12/h2-5,7-8H,6H2,1H3. The second-order valence-corrected chi connectivity index (χ2v) is 3.12. The van der Waals surface area contributed by atoms with Crippen molar-refractivity contribution < 1.29 is 4.79 Å². The first-order valence-electron chi connectivity index (χ1n) is 4.06. The molecule has 0 spiro atoms. The van der Waals surface area contributed by atoms with Gasteiger partial charge in [0.15, 0.2) is 6.29 Å². The van der Waals surface area contributed by atoms with Crippen LogP contribution in [0.2, 0.25) is 0 Å². The Balaban J connectivity index is 3.08. The predicted octanol–water partition coefficient (Wildman–Crippen LogP) is 3.06. The van der Waals surface area contributed by atoms with Crippen LogP contribution in [0.1, 0.15) is 21.5 Å². The van der Waals surface area contributed by atoms with Gasteiger partial charge in [-0.2, -0.15) is 0 Å². The zero-order valence-corrected chi connectivity index (χ0v) is 8.21. The van der Waals surface area contributed by atoms with Crippen molar-refractivity contribution in [2.24, 2.45) is 0 Å². The number of hydrogen-bond donors (Lipinski definition) is 0. The van der Waals surface area contributed by atoms with Crippen molar-refractivity contribution in [3.05, 3.63) is 41.0 Å². The minimum atomic E-state index is 0.465. The SMILES string of the molecule is Cc1ccc(C=O)c(C=CCCl)c1. The van der Waals surface area contributed by atoms with E-state index < -0.39 is 0 Å². The van der Waals surface area contributed by atoms with E-state index in [9.17, 15) is 4.79 Å². The molecule has 1 rings (SSSR count). The molecular weight excluding hydrogens is 184 g/mol. The van der Waals surface area contributed by atoms with Gasteiger partial charge in [-0.3, -0.25) is 4.79 Å². The predicted molar refractivity (Wildman–Crippen MR) is 56.3 cm³/mol. The van der Waals surface area contributed by atoms with Gasteiger partial charge in [0.25, 0.3) is 0 Å². The molecule has 0 unspecified atom stereocenters. The average Bonchev–Trinajstić information content (AvgIpc) is 2.15. The van der Waals surface area contributed by atoms with Crippen LogP contribution >= 0.6 is 11.6 Å². The highest BCUT2D eigenvalue weighted by atomic mass is 35.5. The van der Waals surface area contributed by atoms with E-state index in [4.69, 9.17) is 11.6 Å². The molecule has 0 aliphatic heterocycles. The third-order valence-corrected chi connectivity index (χ3v) is 1.93. The van der Waals surface area contributed by atoms with Crippen molar-refractivity contribution in [1.29, 1.82) is 0 Å². The van der Waals surface area contributed by atoms with Crippen LogP contribution < -0.4 is 0 Å². The maximum Gasteiger partial charge on any atom is 0.150 e. The summed E-state index contributed by atoms with van der Waals surface area (Å²) in [5, 5.41) is 0. The molecule has 13 heavy (non-hydrogen) atoms. The first-order valence-corrected chi connectivity index (χ1v) is 4.59. The molecule has 0 saturated heterocycles. The molecule has 0 atom stereocenters. The molecule has 68 valence electrons. The molecule has 1 nitrogen and oxygen atoms in total. The molecule has 1 aromatic carbocycles. The molecular formula is C11H11ClO. The van der Waals surface area contributed by atoms with E-state index in [-0.39, 0.29) is 0 Å². The Hall–Kier alpha value is -1.08. The number of carbonyl (C=O) groups is 1. The van der Waals surface area contributed by atoms with Crippen LogP contribution in [0.3, 0.4) is 0 Å². The number of aryl methyl sites for hydroxylation is 1. The lowest BCUT2D eigenvalue weighted by atomic mass is 10.1. The molecule has 0 amide bonds. The van der Waals surface area contributed by atoms with Gasteiger partial charge in [-0.1, -0.05) is 35.9 Å². The summed E-state index contributed by atoms with van der Waals surface area (Å²) in [6, 6.07) is 5.70. The van der Waals surface area contributed by atoms with Crippen molar-refractivity contribution in [1.82, 2.24) is 0 Å². The Bertz CT molecular complexity index is 329. The van der Waals surface area contributed by atoms with Crippen molar-refractivity contribution >= 4 is 24.0 Å². The van der Waals surface area contributed by atoms with Crippen molar-refractivity contribution in [2.75, 3.05) is 5.88 Å². The first-order chi connectivity index (χ1) is 6.27. The van der Waals surface area contributed by atoms with E-state index >= 15 is 0 Å². The molecule has 0 radical (unpaired) electrons. The molecule has 0 saturated carbocycles. The van der Waals surface area contributed by atoms with Crippen molar-refractivity contribution in [3.8, 4) is 0 Å². The van der Waals surface area contributed by atoms with Gasteiger partial charge in [0.1, 0.15) is 0 Å². The quantitative estimate of drug-likeness (QED) is 0.534. The highest BCUT2D eigenvalue weighted by molar-refractivity contribution is 6.19. The maximum absolute atomic E-state index is 10.6. The summed E-state index contributed by atoms with van der Waals surface area (Å²) in [5.74, 6) is 0.465. The number of allylic oxidation sites excluding steroid dienone is 1. The van der Waals surface area contributed by atoms with Crippen LogP contribution in [-0.2, 0) is 0 Å². The third-order valence-electron chi connectivity index (χ3n) is 1.76. The Morgan fingerprint density at radius 3 is 2.77 bits per heavy atom. The Morgan fingerprint density at radius 2 is 2.15 bits per heavy atom. The first kappa shape index (κ1) is 10.0. The zero-order chi connectivity index (χ0) is 9.68. The number of rotatable bonds is 3. The Kier molecular flexibility index (Phi) is 3.71. The van der Waals surface area contributed by atoms with E-state index in [1.54, 1.807) is 0 Å². The van der Waals surface area contributed by atoms with Crippen LogP contribution in [0.15, 0.2) is 24.3 Å². The number of carbonyl (C=O) groups excluding carboxylic acids is 1. The normalized spacial score (nSPS) is 10.6. The van der Waals surface area contributed by atoms with Gasteiger partial charge >= 0.3 is 0 Å². The smallest absolute Gasteiger partial charge is 0.150 e. The fourth-order valence-electron chi connectivity index (χ4n) is 1.12. The van der Waals surface area contributed by atoms with Crippen LogP contribution in [0.5, 0.6) is 0 Å². The number of hydrogen-bond acceptors (Lipinski definition) is 1. The Morgan fingerprint density at radius 1 is 1.38 bits per heavy atom. The lowest BCUT2D eigenvalue weighted by molar-refractivity contribution is 0.112. The van der Waals surface area contributed by atoms with Crippen LogP contribution in [0.4, 0.5) is 0 Å². The summed E-state index contributed by atoms with van der Waals surface area (Å²) >= 11 is 5.51. The second-order valence-electron chi connectivity index (χ2n) is 2.81. The van der Waals surface area contributed by atoms with Gasteiger partial charge in [0, 0.05) is 11.4 Å². The van der Waals surface area contributed by atoms with Gasteiger partial charge in [-0.15, -0.1) is 11.6 Å². The summed E-state index contributed by atoms with van der Waals surface area (Å²) < 4.78 is 0. The molecule has 0 aromatic heterocycles. The van der Waals surface area contributed by atoms with Gasteiger partial charge in [0.2, 0.25) is 0 Å². The summed E-state index contributed by atoms with van der Waals surface area (Å²) in [7, 11) is 0. The lowest BCUT2D eigenvalue weighted by Crippen LogP contribution is -1.86. The van der Waals surface area contributed by atoms with E-state index in [0.29, 0.717) is 11.4 Å². The van der Waals surface area contributed by atoms with E-state index in [1.807, 2.05) is 37.3 Å². The van der Waals surface area contributed by atoms with Gasteiger partial charge in [-0.25, -0.2) is 0 Å². The topological polar surface area (TPSA) is 17.1 Å². The van der Waals surface area contributed by atoms with E-state index in [1.165, 1.54) is 0 Å². The van der Waals surface area contributed by atoms with E-state index in [0.717, 1.165) is 17.4 Å². The summed E-state index contributed by atoms with van der Waals surface area (Å²) in [6.45, 7) is 1.99. The highest BCUT2D eigenvalue weighted by Gasteiger charge is 1.97. The number of aldehydes is 1. The summed E-state index contributed by atoms with van der Waals surface area (Å²) in [4.78, 5) is 10.6. The minimum absolute atomic E-state index is 0.465. The van der Waals surface area contributed by atoms with Gasteiger partial charge in [0.05, 0.1) is 0 Å². The Labute approximate surface area is 83.0 Å². The van der Waals surface area contributed by atoms with Crippen LogP contribution in [0.25, 0.3) is 6.08 Å². The molecule has 0 N–H and O–H groups in total. The van der Waals surface area contributed by atoms with Gasteiger partial charge in [-0.05, 0) is 12.5 Å². The van der Waals surface area contributed by atoms with Crippen LogP contribution in [0, 0.1) is 6.92 Å².